The molecule has 23 heavy (non-hydrogen) atoms. The van der Waals surface area contributed by atoms with Crippen molar-refractivity contribution in [1.29, 1.82) is 0 Å². The van der Waals surface area contributed by atoms with E-state index in [1.165, 1.54) is 10.4 Å². The standard InChI is InChI=1S/C17H16N4OS/c22-17(20-9-6-15-13(12-20)8-11-23-15)18-16-7-10-21(19-16)14-4-2-1-3-5-14/h1-5,7-8,10-11H,6,9,12H2,(H,18,19,22). The zero-order valence-electron chi connectivity index (χ0n) is 12.5. The minimum absolute atomic E-state index is 0.0971. The second kappa shape index (κ2) is 5.89. The van der Waals surface area contributed by atoms with E-state index in [4.69, 9.17) is 0 Å². The number of carbonyl (C=O) groups excluding carboxylic acids is 1. The van der Waals surface area contributed by atoms with Crippen LogP contribution in [0.4, 0.5) is 10.6 Å². The zero-order valence-corrected chi connectivity index (χ0v) is 13.3. The van der Waals surface area contributed by atoms with Crippen molar-refractivity contribution in [3.8, 4) is 5.69 Å². The molecule has 0 saturated carbocycles. The molecule has 2 aromatic heterocycles. The molecule has 0 spiro atoms. The number of benzene rings is 1. The van der Waals surface area contributed by atoms with E-state index < -0.39 is 0 Å². The lowest BCUT2D eigenvalue weighted by molar-refractivity contribution is 0.206. The van der Waals surface area contributed by atoms with Crippen LogP contribution in [0.25, 0.3) is 5.69 Å². The summed E-state index contributed by atoms with van der Waals surface area (Å²) in [6.45, 7) is 1.42. The first kappa shape index (κ1) is 14.0. The Labute approximate surface area is 138 Å². The van der Waals surface area contributed by atoms with E-state index in [0.29, 0.717) is 12.4 Å². The number of fused-ring (bicyclic) bond motifs is 1. The van der Waals surface area contributed by atoms with Gasteiger partial charge >= 0.3 is 6.03 Å². The van der Waals surface area contributed by atoms with Gasteiger partial charge < -0.3 is 4.90 Å². The van der Waals surface area contributed by atoms with Crippen molar-refractivity contribution in [3.63, 3.8) is 0 Å². The highest BCUT2D eigenvalue weighted by Gasteiger charge is 2.21. The highest BCUT2D eigenvalue weighted by Crippen LogP contribution is 2.24. The predicted octanol–water partition coefficient (Wildman–Crippen LogP) is 3.52. The highest BCUT2D eigenvalue weighted by atomic mass is 32.1. The number of hydrogen-bond donors (Lipinski definition) is 1. The first-order valence-corrected chi connectivity index (χ1v) is 8.40. The Morgan fingerprint density at radius 1 is 1.17 bits per heavy atom. The molecule has 6 heteroatoms. The maximum absolute atomic E-state index is 12.4. The fraction of sp³-hybridized carbons (Fsp3) is 0.176. The first-order chi connectivity index (χ1) is 11.3. The van der Waals surface area contributed by atoms with Crippen molar-refractivity contribution in [1.82, 2.24) is 14.7 Å². The summed E-state index contributed by atoms with van der Waals surface area (Å²) in [5.74, 6) is 0.565. The molecule has 3 aromatic rings. The highest BCUT2D eigenvalue weighted by molar-refractivity contribution is 7.10. The molecule has 1 aliphatic heterocycles. The molecule has 116 valence electrons. The van der Waals surface area contributed by atoms with Crippen molar-refractivity contribution >= 4 is 23.2 Å². The van der Waals surface area contributed by atoms with Gasteiger partial charge in [0.25, 0.3) is 0 Å². The van der Waals surface area contributed by atoms with Crippen LogP contribution in [0.15, 0.2) is 54.0 Å². The molecular formula is C17H16N4OS. The van der Waals surface area contributed by atoms with Gasteiger partial charge in [-0.25, -0.2) is 9.48 Å². The van der Waals surface area contributed by atoms with Crippen molar-refractivity contribution in [2.45, 2.75) is 13.0 Å². The molecule has 0 aliphatic carbocycles. The van der Waals surface area contributed by atoms with Crippen molar-refractivity contribution in [2.24, 2.45) is 0 Å². The topological polar surface area (TPSA) is 50.2 Å². The number of carbonyl (C=O) groups is 1. The zero-order chi connectivity index (χ0) is 15.6. The average molecular weight is 324 g/mol. The van der Waals surface area contributed by atoms with Gasteiger partial charge in [-0.05, 0) is 35.6 Å². The third-order valence-corrected chi connectivity index (χ3v) is 4.96. The van der Waals surface area contributed by atoms with Crippen molar-refractivity contribution in [3.05, 3.63) is 64.5 Å². The number of nitrogens with one attached hydrogen (secondary N) is 1. The fourth-order valence-corrected chi connectivity index (χ4v) is 3.62. The third-order valence-electron chi connectivity index (χ3n) is 3.94. The molecule has 2 amide bonds. The molecule has 1 aliphatic rings. The molecule has 0 unspecified atom stereocenters. The summed E-state index contributed by atoms with van der Waals surface area (Å²) in [7, 11) is 0. The number of amides is 2. The van der Waals surface area contributed by atoms with Crippen LogP contribution >= 0.6 is 11.3 Å². The molecule has 1 aromatic carbocycles. The van der Waals surface area contributed by atoms with E-state index in [1.54, 1.807) is 16.0 Å². The monoisotopic (exact) mass is 324 g/mol. The van der Waals surface area contributed by atoms with Crippen LogP contribution in [-0.4, -0.2) is 27.3 Å². The van der Waals surface area contributed by atoms with E-state index in [2.05, 4.69) is 21.9 Å². The van der Waals surface area contributed by atoms with Gasteiger partial charge in [0.1, 0.15) is 0 Å². The van der Waals surface area contributed by atoms with E-state index in [0.717, 1.165) is 18.7 Å². The van der Waals surface area contributed by atoms with Gasteiger partial charge in [-0.3, -0.25) is 5.32 Å². The summed E-state index contributed by atoms with van der Waals surface area (Å²) >= 11 is 1.77. The first-order valence-electron chi connectivity index (χ1n) is 7.52. The van der Waals surface area contributed by atoms with Crippen LogP contribution in [0, 0.1) is 0 Å². The molecule has 0 fully saturated rings. The SMILES string of the molecule is O=C(Nc1ccn(-c2ccccc2)n1)N1CCc2sccc2C1. The van der Waals surface area contributed by atoms with E-state index in [1.807, 2.05) is 47.5 Å². The Bertz CT molecular complexity index is 824. The van der Waals surface area contributed by atoms with Gasteiger partial charge in [-0.1, -0.05) is 18.2 Å². The number of para-hydroxylation sites is 1. The lowest BCUT2D eigenvalue weighted by atomic mass is 10.1. The van der Waals surface area contributed by atoms with E-state index >= 15 is 0 Å². The van der Waals surface area contributed by atoms with Gasteiger partial charge in [-0.15, -0.1) is 16.4 Å². The van der Waals surface area contributed by atoms with Crippen LogP contribution in [0.2, 0.25) is 0 Å². The third kappa shape index (κ3) is 2.85. The van der Waals surface area contributed by atoms with Gasteiger partial charge in [0, 0.05) is 30.2 Å². The van der Waals surface area contributed by atoms with Gasteiger partial charge in [0.2, 0.25) is 0 Å². The lowest BCUT2D eigenvalue weighted by Gasteiger charge is -2.26. The van der Waals surface area contributed by atoms with Crippen LogP contribution in [0.1, 0.15) is 10.4 Å². The molecule has 0 atom stereocenters. The number of aromatic nitrogens is 2. The molecule has 0 bridgehead atoms. The minimum Gasteiger partial charge on any atom is -0.320 e. The molecule has 0 radical (unpaired) electrons. The number of rotatable bonds is 2. The average Bonchev–Trinajstić information content (AvgIpc) is 3.24. The Balaban J connectivity index is 1.45. The number of urea groups is 1. The smallest absolute Gasteiger partial charge is 0.320 e. The Hall–Kier alpha value is -2.60. The summed E-state index contributed by atoms with van der Waals surface area (Å²) in [4.78, 5) is 15.6. The molecule has 4 rings (SSSR count). The second-order valence-corrected chi connectivity index (χ2v) is 6.45. The summed E-state index contributed by atoms with van der Waals surface area (Å²) < 4.78 is 1.75. The van der Waals surface area contributed by atoms with Crippen LogP contribution < -0.4 is 5.32 Å². The molecule has 0 saturated heterocycles. The van der Waals surface area contributed by atoms with Crippen molar-refractivity contribution < 1.29 is 4.79 Å². The van der Waals surface area contributed by atoms with Gasteiger partial charge in [0.05, 0.1) is 5.69 Å². The van der Waals surface area contributed by atoms with Gasteiger partial charge in [0.15, 0.2) is 5.82 Å². The Morgan fingerprint density at radius 2 is 2.04 bits per heavy atom. The predicted molar refractivity (Wildman–Crippen MR) is 91.0 cm³/mol. The summed E-state index contributed by atoms with van der Waals surface area (Å²) in [6, 6.07) is 13.6. The van der Waals surface area contributed by atoms with E-state index in [-0.39, 0.29) is 6.03 Å². The minimum atomic E-state index is -0.0971. The maximum atomic E-state index is 12.4. The van der Waals surface area contributed by atoms with Crippen LogP contribution in [-0.2, 0) is 13.0 Å². The number of hydrogen-bond acceptors (Lipinski definition) is 3. The number of nitrogens with zero attached hydrogens (tertiary/aromatic N) is 3. The quantitative estimate of drug-likeness (QED) is 0.784. The number of anilines is 1. The fourth-order valence-electron chi connectivity index (χ4n) is 2.73. The summed E-state index contributed by atoms with van der Waals surface area (Å²) in [5.41, 5.74) is 2.22. The number of thiophene rings is 1. The summed E-state index contributed by atoms with van der Waals surface area (Å²) in [5, 5.41) is 9.38. The normalized spacial score (nSPS) is 13.7. The Kier molecular flexibility index (Phi) is 3.59. The maximum Gasteiger partial charge on any atom is 0.323 e. The summed E-state index contributed by atoms with van der Waals surface area (Å²) in [6.07, 6.45) is 2.77. The van der Waals surface area contributed by atoms with E-state index in [9.17, 15) is 4.79 Å². The van der Waals surface area contributed by atoms with Crippen LogP contribution in [0.3, 0.4) is 0 Å². The van der Waals surface area contributed by atoms with Crippen molar-refractivity contribution in [2.75, 3.05) is 11.9 Å². The second-order valence-electron chi connectivity index (χ2n) is 5.45. The largest absolute Gasteiger partial charge is 0.323 e. The molecular weight excluding hydrogens is 308 g/mol. The molecule has 3 heterocycles. The van der Waals surface area contributed by atoms with Crippen LogP contribution in [0.5, 0.6) is 0 Å². The molecule has 5 nitrogen and oxygen atoms in total. The molecule has 1 N–H and O–H groups in total. The van der Waals surface area contributed by atoms with Gasteiger partial charge in [-0.2, -0.15) is 0 Å². The lowest BCUT2D eigenvalue weighted by Crippen LogP contribution is -2.38. The Morgan fingerprint density at radius 3 is 2.91 bits per heavy atom.